The van der Waals surface area contributed by atoms with Gasteiger partial charge in [0.2, 0.25) is 0 Å². The summed E-state index contributed by atoms with van der Waals surface area (Å²) in [5.74, 6) is 0.138. The number of hydrogen-bond acceptors (Lipinski definition) is 6. The average molecular weight is 343 g/mol. The molecule has 0 saturated heterocycles. The van der Waals surface area contributed by atoms with Gasteiger partial charge in [-0.25, -0.2) is 9.59 Å². The van der Waals surface area contributed by atoms with Gasteiger partial charge in [0.15, 0.2) is 5.76 Å². The third-order valence-corrected chi connectivity index (χ3v) is 3.95. The van der Waals surface area contributed by atoms with Gasteiger partial charge in [-0.05, 0) is 35.7 Å². The fraction of sp³-hybridized carbons (Fsp3) is 0.0625. The molecule has 24 heavy (non-hydrogen) atoms. The van der Waals surface area contributed by atoms with Crippen molar-refractivity contribution in [1.82, 2.24) is 5.16 Å². The van der Waals surface area contributed by atoms with Gasteiger partial charge in [0.1, 0.15) is 12.3 Å². The first-order valence-corrected chi connectivity index (χ1v) is 7.83. The molecule has 7 nitrogen and oxygen atoms in total. The molecule has 0 spiro atoms. The number of amides is 2. The Hall–Kier alpha value is -3.13. The van der Waals surface area contributed by atoms with Gasteiger partial charge in [-0.2, -0.15) is 0 Å². The zero-order chi connectivity index (χ0) is 16.9. The van der Waals surface area contributed by atoms with E-state index in [1.807, 2.05) is 17.5 Å². The molecule has 1 aromatic carbocycles. The number of nitrogens with zero attached hydrogens (tertiary/aromatic N) is 1. The summed E-state index contributed by atoms with van der Waals surface area (Å²) in [6.45, 7) is 0.00892. The van der Waals surface area contributed by atoms with Crippen LogP contribution in [0.1, 0.15) is 16.1 Å². The standard InChI is InChI=1S/C16H13N3O4S/c17-16(21)18-11-5-3-10(4-6-11)15(20)22-9-12-8-13(23-19-12)14-2-1-7-24-14/h1-8H,9H2,(H3,17,18,21). The number of anilines is 1. The van der Waals surface area contributed by atoms with E-state index in [2.05, 4.69) is 10.5 Å². The number of thiophene rings is 1. The molecule has 3 N–H and O–H groups in total. The normalized spacial score (nSPS) is 10.3. The van der Waals surface area contributed by atoms with Crippen LogP contribution in [0, 0.1) is 0 Å². The summed E-state index contributed by atoms with van der Waals surface area (Å²) in [7, 11) is 0. The lowest BCUT2D eigenvalue weighted by Crippen LogP contribution is -2.19. The Bertz CT molecular complexity index is 841. The Labute approximate surface area is 141 Å². The molecule has 0 atom stereocenters. The van der Waals surface area contributed by atoms with Gasteiger partial charge in [0, 0.05) is 11.8 Å². The van der Waals surface area contributed by atoms with E-state index in [1.165, 1.54) is 23.5 Å². The molecular weight excluding hydrogens is 330 g/mol. The van der Waals surface area contributed by atoms with Crippen molar-refractivity contribution >= 4 is 29.0 Å². The maximum atomic E-state index is 12.0. The maximum Gasteiger partial charge on any atom is 0.338 e. The Kier molecular flexibility index (Phi) is 4.57. The second-order valence-corrected chi connectivity index (χ2v) is 5.75. The van der Waals surface area contributed by atoms with E-state index >= 15 is 0 Å². The number of aromatic nitrogens is 1. The number of nitrogens with two attached hydrogens (primary N) is 1. The highest BCUT2D eigenvalue weighted by atomic mass is 32.1. The van der Waals surface area contributed by atoms with E-state index in [-0.39, 0.29) is 6.61 Å². The lowest BCUT2D eigenvalue weighted by atomic mass is 10.2. The van der Waals surface area contributed by atoms with Gasteiger partial charge in [0.05, 0.1) is 10.4 Å². The van der Waals surface area contributed by atoms with Crippen molar-refractivity contribution in [2.75, 3.05) is 5.32 Å². The molecule has 2 amide bonds. The molecule has 0 aliphatic heterocycles. The summed E-state index contributed by atoms with van der Waals surface area (Å²) in [5.41, 5.74) is 6.39. The van der Waals surface area contributed by atoms with Crippen molar-refractivity contribution in [3.05, 3.63) is 59.1 Å². The van der Waals surface area contributed by atoms with Gasteiger partial charge < -0.3 is 20.3 Å². The van der Waals surface area contributed by atoms with Crippen LogP contribution < -0.4 is 11.1 Å². The lowest BCUT2D eigenvalue weighted by molar-refractivity contribution is 0.0464. The fourth-order valence-corrected chi connectivity index (χ4v) is 2.64. The molecule has 0 saturated carbocycles. The molecule has 3 aromatic rings. The van der Waals surface area contributed by atoms with Crippen molar-refractivity contribution < 1.29 is 18.8 Å². The molecule has 2 aromatic heterocycles. The van der Waals surface area contributed by atoms with Crippen LogP contribution in [0.25, 0.3) is 10.6 Å². The Morgan fingerprint density at radius 1 is 1.25 bits per heavy atom. The molecule has 3 rings (SSSR count). The van der Waals surface area contributed by atoms with Gasteiger partial charge in [-0.3, -0.25) is 0 Å². The topological polar surface area (TPSA) is 107 Å². The van der Waals surface area contributed by atoms with Gasteiger partial charge in [-0.1, -0.05) is 11.2 Å². The van der Waals surface area contributed by atoms with Crippen LogP contribution in [0.3, 0.4) is 0 Å². The van der Waals surface area contributed by atoms with E-state index in [9.17, 15) is 9.59 Å². The molecule has 0 unspecified atom stereocenters. The Morgan fingerprint density at radius 3 is 2.71 bits per heavy atom. The highest BCUT2D eigenvalue weighted by Crippen LogP contribution is 2.25. The predicted molar refractivity (Wildman–Crippen MR) is 88.6 cm³/mol. The first-order valence-electron chi connectivity index (χ1n) is 6.95. The van der Waals surface area contributed by atoms with Gasteiger partial charge in [0.25, 0.3) is 0 Å². The Balaban J connectivity index is 1.58. The van der Waals surface area contributed by atoms with Crippen molar-refractivity contribution in [2.45, 2.75) is 6.61 Å². The summed E-state index contributed by atoms with van der Waals surface area (Å²) in [4.78, 5) is 23.7. The van der Waals surface area contributed by atoms with Crippen LogP contribution in [-0.2, 0) is 11.3 Å². The predicted octanol–water partition coefficient (Wildman–Crippen LogP) is 3.25. The summed E-state index contributed by atoms with van der Waals surface area (Å²) in [5, 5.41) is 8.23. The molecule has 0 bridgehead atoms. The van der Waals surface area contributed by atoms with Gasteiger partial charge in [-0.15, -0.1) is 11.3 Å². The summed E-state index contributed by atoms with van der Waals surface area (Å²) in [6, 6.07) is 11.1. The molecule has 0 aliphatic rings. The molecule has 8 heteroatoms. The molecule has 0 aliphatic carbocycles. The summed E-state index contributed by atoms with van der Waals surface area (Å²) in [6.07, 6.45) is 0. The lowest BCUT2D eigenvalue weighted by Gasteiger charge is -2.04. The number of carbonyl (C=O) groups excluding carboxylic acids is 2. The Morgan fingerprint density at radius 2 is 2.04 bits per heavy atom. The van der Waals surface area contributed by atoms with Crippen molar-refractivity contribution in [3.8, 4) is 10.6 Å². The second kappa shape index (κ2) is 6.97. The van der Waals surface area contributed by atoms with Crippen LogP contribution in [0.5, 0.6) is 0 Å². The largest absolute Gasteiger partial charge is 0.455 e. The summed E-state index contributed by atoms with van der Waals surface area (Å²) < 4.78 is 10.4. The van der Waals surface area contributed by atoms with Crippen LogP contribution >= 0.6 is 11.3 Å². The molecule has 2 heterocycles. The highest BCUT2D eigenvalue weighted by Gasteiger charge is 2.11. The van der Waals surface area contributed by atoms with E-state index in [1.54, 1.807) is 18.2 Å². The quantitative estimate of drug-likeness (QED) is 0.691. The minimum Gasteiger partial charge on any atom is -0.455 e. The number of ether oxygens (including phenoxy) is 1. The fourth-order valence-electron chi connectivity index (χ4n) is 1.97. The molecule has 0 radical (unpaired) electrons. The number of carbonyl (C=O) groups is 2. The SMILES string of the molecule is NC(=O)Nc1ccc(C(=O)OCc2cc(-c3cccs3)on2)cc1. The number of nitrogens with one attached hydrogen (secondary N) is 1. The molecule has 122 valence electrons. The van der Waals surface area contributed by atoms with Crippen LogP contribution in [-0.4, -0.2) is 17.2 Å². The third-order valence-electron chi connectivity index (χ3n) is 3.06. The number of hydrogen-bond donors (Lipinski definition) is 2. The number of esters is 1. The second-order valence-electron chi connectivity index (χ2n) is 4.80. The smallest absolute Gasteiger partial charge is 0.338 e. The number of primary amides is 1. The van der Waals surface area contributed by atoms with E-state index in [0.29, 0.717) is 22.7 Å². The maximum absolute atomic E-state index is 12.0. The minimum absolute atomic E-state index is 0.00892. The van der Waals surface area contributed by atoms with E-state index < -0.39 is 12.0 Å². The number of benzene rings is 1. The van der Waals surface area contributed by atoms with E-state index in [4.69, 9.17) is 15.0 Å². The van der Waals surface area contributed by atoms with Crippen LogP contribution in [0.2, 0.25) is 0 Å². The first kappa shape index (κ1) is 15.8. The zero-order valence-corrected chi connectivity index (χ0v) is 13.2. The molecule has 0 fully saturated rings. The highest BCUT2D eigenvalue weighted by molar-refractivity contribution is 7.13. The summed E-state index contributed by atoms with van der Waals surface area (Å²) >= 11 is 1.54. The van der Waals surface area contributed by atoms with Gasteiger partial charge >= 0.3 is 12.0 Å². The number of rotatable bonds is 5. The third kappa shape index (κ3) is 3.79. The van der Waals surface area contributed by atoms with Crippen LogP contribution in [0.4, 0.5) is 10.5 Å². The number of urea groups is 1. The van der Waals surface area contributed by atoms with E-state index in [0.717, 1.165) is 4.88 Å². The van der Waals surface area contributed by atoms with Crippen molar-refractivity contribution in [1.29, 1.82) is 0 Å². The monoisotopic (exact) mass is 343 g/mol. The van der Waals surface area contributed by atoms with Crippen molar-refractivity contribution in [3.63, 3.8) is 0 Å². The van der Waals surface area contributed by atoms with Crippen LogP contribution in [0.15, 0.2) is 52.4 Å². The van der Waals surface area contributed by atoms with Crippen molar-refractivity contribution in [2.24, 2.45) is 5.73 Å². The molecular formula is C16H13N3O4S. The average Bonchev–Trinajstić information content (AvgIpc) is 3.24. The minimum atomic E-state index is -0.669. The zero-order valence-electron chi connectivity index (χ0n) is 12.4. The first-order chi connectivity index (χ1) is 11.6.